The van der Waals surface area contributed by atoms with Crippen molar-refractivity contribution in [1.29, 1.82) is 0 Å². The third kappa shape index (κ3) is 3.17. The monoisotopic (exact) mass is 337 g/mol. The van der Waals surface area contributed by atoms with Gasteiger partial charge in [-0.25, -0.2) is 4.98 Å². The highest BCUT2D eigenvalue weighted by molar-refractivity contribution is 7.11. The molecule has 4 rings (SSSR count). The van der Waals surface area contributed by atoms with E-state index in [1.54, 1.807) is 23.7 Å². The molecule has 3 aromatic rings. The molecule has 4 nitrogen and oxygen atoms in total. The van der Waals surface area contributed by atoms with Gasteiger partial charge in [0.1, 0.15) is 5.01 Å². The summed E-state index contributed by atoms with van der Waals surface area (Å²) in [7, 11) is 0. The van der Waals surface area contributed by atoms with Crippen molar-refractivity contribution in [3.8, 4) is 0 Å². The van der Waals surface area contributed by atoms with Crippen LogP contribution in [0.4, 0.5) is 0 Å². The van der Waals surface area contributed by atoms with Crippen LogP contribution >= 0.6 is 11.3 Å². The van der Waals surface area contributed by atoms with E-state index >= 15 is 0 Å². The van der Waals surface area contributed by atoms with Crippen molar-refractivity contribution in [2.75, 3.05) is 0 Å². The van der Waals surface area contributed by atoms with Gasteiger partial charge in [0.05, 0.1) is 17.8 Å². The van der Waals surface area contributed by atoms with Crippen LogP contribution in [0.3, 0.4) is 0 Å². The normalized spacial score (nSPS) is 14.0. The molecule has 0 amide bonds. The maximum atomic E-state index is 12.7. The number of hydrogen-bond acceptors (Lipinski definition) is 4. The fourth-order valence-electron chi connectivity index (χ4n) is 2.99. The fraction of sp³-hybridized carbons (Fsp3) is 0.316. The van der Waals surface area contributed by atoms with Crippen LogP contribution in [0.5, 0.6) is 0 Å². The minimum Gasteiger partial charge on any atom is -0.341 e. The summed E-state index contributed by atoms with van der Waals surface area (Å²) in [6, 6.07) is 7.77. The minimum absolute atomic E-state index is 0.130. The Hall–Kier alpha value is -2.27. The molecule has 5 heteroatoms. The first-order valence-electron chi connectivity index (χ1n) is 8.24. The molecule has 0 atom stereocenters. The van der Waals surface area contributed by atoms with Gasteiger partial charge in [-0.05, 0) is 49.6 Å². The van der Waals surface area contributed by atoms with Gasteiger partial charge in [-0.3, -0.25) is 9.78 Å². The summed E-state index contributed by atoms with van der Waals surface area (Å²) in [5, 5.41) is 0.941. The van der Waals surface area contributed by atoms with Crippen molar-refractivity contribution < 1.29 is 4.79 Å². The highest BCUT2D eigenvalue weighted by atomic mass is 32.1. The molecule has 0 aromatic carbocycles. The largest absolute Gasteiger partial charge is 0.341 e. The molecule has 0 unspecified atom stereocenters. The van der Waals surface area contributed by atoms with Crippen LogP contribution in [0.1, 0.15) is 50.4 Å². The number of Topliss-reactive ketones (excluding diaryl/α,β-unsaturated/α-hetero) is 1. The first-order chi connectivity index (χ1) is 11.7. The lowest BCUT2D eigenvalue weighted by atomic mass is 10.2. The van der Waals surface area contributed by atoms with Gasteiger partial charge in [0.25, 0.3) is 0 Å². The zero-order chi connectivity index (χ0) is 16.5. The van der Waals surface area contributed by atoms with Crippen LogP contribution in [0.15, 0.2) is 42.9 Å². The van der Waals surface area contributed by atoms with Crippen molar-refractivity contribution in [3.63, 3.8) is 0 Å². The number of ketones is 1. The Balaban J connectivity index is 1.51. The van der Waals surface area contributed by atoms with E-state index in [1.807, 2.05) is 35.0 Å². The maximum Gasteiger partial charge on any atom is 0.186 e. The third-order valence-corrected chi connectivity index (χ3v) is 5.36. The van der Waals surface area contributed by atoms with Gasteiger partial charge < -0.3 is 4.57 Å². The van der Waals surface area contributed by atoms with E-state index in [4.69, 9.17) is 4.98 Å². The molecule has 3 heterocycles. The van der Waals surface area contributed by atoms with Gasteiger partial charge >= 0.3 is 0 Å². The number of rotatable bonds is 6. The molecule has 3 aromatic heterocycles. The van der Waals surface area contributed by atoms with Crippen LogP contribution < -0.4 is 0 Å². The van der Waals surface area contributed by atoms with Gasteiger partial charge in [0.2, 0.25) is 0 Å². The molecule has 24 heavy (non-hydrogen) atoms. The van der Waals surface area contributed by atoms with Gasteiger partial charge in [0, 0.05) is 35.9 Å². The van der Waals surface area contributed by atoms with Crippen LogP contribution in [0, 0.1) is 6.92 Å². The van der Waals surface area contributed by atoms with Gasteiger partial charge in [-0.1, -0.05) is 0 Å². The Bertz CT molecular complexity index is 862. The molecule has 0 N–H and O–H groups in total. The van der Waals surface area contributed by atoms with E-state index in [1.165, 1.54) is 23.4 Å². The number of pyridine rings is 1. The van der Waals surface area contributed by atoms with Crippen molar-refractivity contribution in [2.45, 2.75) is 38.6 Å². The molecular formula is C19H19N3OS. The second-order valence-corrected chi connectivity index (χ2v) is 7.59. The van der Waals surface area contributed by atoms with Gasteiger partial charge in [-0.2, -0.15) is 0 Å². The van der Waals surface area contributed by atoms with E-state index in [0.29, 0.717) is 18.9 Å². The third-order valence-electron chi connectivity index (χ3n) is 4.37. The Morgan fingerprint density at radius 3 is 2.83 bits per heavy atom. The predicted octanol–water partition coefficient (Wildman–Crippen LogP) is 4.00. The van der Waals surface area contributed by atoms with Crippen molar-refractivity contribution >= 4 is 17.1 Å². The lowest BCUT2D eigenvalue weighted by Crippen LogP contribution is -2.11. The van der Waals surface area contributed by atoms with E-state index in [9.17, 15) is 4.79 Å². The summed E-state index contributed by atoms with van der Waals surface area (Å²) < 4.78 is 2.00. The summed E-state index contributed by atoms with van der Waals surface area (Å²) in [6.07, 6.45) is 8.38. The van der Waals surface area contributed by atoms with E-state index in [0.717, 1.165) is 16.3 Å². The summed E-state index contributed by atoms with van der Waals surface area (Å²) >= 11 is 1.67. The molecule has 0 bridgehead atoms. The second kappa shape index (κ2) is 6.32. The Labute approximate surface area is 145 Å². The molecule has 122 valence electrons. The van der Waals surface area contributed by atoms with E-state index in [2.05, 4.69) is 11.9 Å². The zero-order valence-corrected chi connectivity index (χ0v) is 14.4. The number of nitrogens with zero attached hydrogens (tertiary/aromatic N) is 3. The zero-order valence-electron chi connectivity index (χ0n) is 13.6. The SMILES string of the molecule is Cc1sc(CC(=O)c2cccn2Cc2ccncc2)nc1C1CC1. The molecule has 0 aliphatic heterocycles. The summed E-state index contributed by atoms with van der Waals surface area (Å²) in [4.78, 5) is 22.7. The predicted molar refractivity (Wildman–Crippen MR) is 94.6 cm³/mol. The summed E-state index contributed by atoms with van der Waals surface area (Å²) in [6.45, 7) is 2.80. The first-order valence-corrected chi connectivity index (χ1v) is 9.06. The smallest absolute Gasteiger partial charge is 0.186 e. The van der Waals surface area contributed by atoms with Gasteiger partial charge in [0.15, 0.2) is 5.78 Å². The van der Waals surface area contributed by atoms with E-state index < -0.39 is 0 Å². The van der Waals surface area contributed by atoms with Crippen molar-refractivity contribution in [1.82, 2.24) is 14.5 Å². The number of hydrogen-bond donors (Lipinski definition) is 0. The second-order valence-electron chi connectivity index (χ2n) is 6.30. The minimum atomic E-state index is 0.130. The average molecular weight is 337 g/mol. The summed E-state index contributed by atoms with van der Waals surface area (Å²) in [5.41, 5.74) is 3.10. The number of thiazole rings is 1. The first kappa shape index (κ1) is 15.3. The molecule has 0 saturated heterocycles. The highest BCUT2D eigenvalue weighted by Gasteiger charge is 2.28. The lowest BCUT2D eigenvalue weighted by Gasteiger charge is -2.08. The molecule has 1 aliphatic rings. The molecule has 0 radical (unpaired) electrons. The number of carbonyl (C=O) groups excluding carboxylic acids is 1. The van der Waals surface area contributed by atoms with E-state index in [-0.39, 0.29) is 5.78 Å². The van der Waals surface area contributed by atoms with Crippen LogP contribution in [0.25, 0.3) is 0 Å². The molecular weight excluding hydrogens is 318 g/mol. The topological polar surface area (TPSA) is 47.8 Å². The fourth-order valence-corrected chi connectivity index (χ4v) is 4.01. The Morgan fingerprint density at radius 1 is 1.29 bits per heavy atom. The lowest BCUT2D eigenvalue weighted by molar-refractivity contribution is 0.0984. The van der Waals surface area contributed by atoms with Crippen LogP contribution in [0.2, 0.25) is 0 Å². The Morgan fingerprint density at radius 2 is 2.08 bits per heavy atom. The van der Waals surface area contributed by atoms with Crippen LogP contribution in [-0.2, 0) is 13.0 Å². The standard InChI is InChI=1S/C19H19N3OS/c1-13-19(15-4-5-15)21-18(24-13)11-17(23)16-3-2-10-22(16)12-14-6-8-20-9-7-14/h2-3,6-10,15H,4-5,11-12H2,1H3. The average Bonchev–Trinajstić information content (AvgIpc) is 3.21. The highest BCUT2D eigenvalue weighted by Crippen LogP contribution is 2.42. The molecule has 1 aliphatic carbocycles. The van der Waals surface area contributed by atoms with Crippen LogP contribution in [-0.4, -0.2) is 20.3 Å². The quantitative estimate of drug-likeness (QED) is 0.639. The molecule has 0 spiro atoms. The van der Waals surface area contributed by atoms with Crippen molar-refractivity contribution in [2.24, 2.45) is 0 Å². The number of aromatic nitrogens is 3. The molecule has 1 fully saturated rings. The molecule has 1 saturated carbocycles. The maximum absolute atomic E-state index is 12.7. The number of carbonyl (C=O) groups is 1. The number of aryl methyl sites for hydroxylation is 1. The summed E-state index contributed by atoms with van der Waals surface area (Å²) in [5.74, 6) is 0.769. The van der Waals surface area contributed by atoms with Gasteiger partial charge in [-0.15, -0.1) is 11.3 Å². The van der Waals surface area contributed by atoms with Crippen molar-refractivity contribution in [3.05, 3.63) is 69.7 Å². The Kier molecular flexibility index (Phi) is 4.02.